The average molecular weight is 510 g/mol. The molecule has 38 heavy (non-hydrogen) atoms. The van der Waals surface area contributed by atoms with Crippen LogP contribution in [-0.2, 0) is 6.42 Å². The first kappa shape index (κ1) is 24.4. The lowest BCUT2D eigenvalue weighted by atomic mass is 9.90. The van der Waals surface area contributed by atoms with Crippen LogP contribution in [0.5, 0.6) is 0 Å². The summed E-state index contributed by atoms with van der Waals surface area (Å²) >= 11 is 0. The van der Waals surface area contributed by atoms with Gasteiger partial charge in [-0.25, -0.2) is 8.78 Å². The van der Waals surface area contributed by atoms with Gasteiger partial charge in [-0.3, -0.25) is 9.20 Å². The molecule has 188 valence electrons. The number of nitrogens with one attached hydrogen (secondary N) is 1. The van der Waals surface area contributed by atoms with Crippen LogP contribution in [0.15, 0.2) is 77.7 Å². The number of hydrogen-bond acceptors (Lipinski definition) is 7. The van der Waals surface area contributed by atoms with E-state index in [4.69, 9.17) is 11.5 Å². The minimum absolute atomic E-state index is 0.0505. The summed E-state index contributed by atoms with van der Waals surface area (Å²) in [6.45, 7) is 0.232. The van der Waals surface area contributed by atoms with Gasteiger partial charge in [-0.1, -0.05) is 42.5 Å². The topological polar surface area (TPSA) is 135 Å². The molecule has 0 saturated carbocycles. The number of nitriles is 1. The number of nitrogen functional groups attached to an aromatic ring is 2. The van der Waals surface area contributed by atoms with E-state index in [2.05, 4.69) is 15.3 Å². The van der Waals surface area contributed by atoms with E-state index in [1.165, 1.54) is 28.7 Å². The molecule has 0 spiro atoms. The summed E-state index contributed by atoms with van der Waals surface area (Å²) in [6, 6.07) is 19.7. The molecule has 0 amide bonds. The highest BCUT2D eigenvalue weighted by Crippen LogP contribution is 2.34. The van der Waals surface area contributed by atoms with E-state index < -0.39 is 17.2 Å². The third-order valence-corrected chi connectivity index (χ3v) is 6.13. The molecular formula is C28H21F2N7O. The fraction of sp³-hybridized carbons (Fsp3) is 0.0714. The second-order valence-electron chi connectivity index (χ2n) is 8.49. The van der Waals surface area contributed by atoms with Gasteiger partial charge in [-0.05, 0) is 47.4 Å². The number of nitrogens with two attached hydrogens (primary N) is 2. The summed E-state index contributed by atoms with van der Waals surface area (Å²) in [5, 5.41) is 12.6. The molecule has 5 aromatic rings. The Labute approximate surface area is 215 Å². The first-order valence-electron chi connectivity index (χ1n) is 11.6. The molecule has 0 aliphatic carbocycles. The molecule has 5 N–H and O–H groups in total. The van der Waals surface area contributed by atoms with Crippen LogP contribution in [0.1, 0.15) is 11.1 Å². The minimum Gasteiger partial charge on any atom is -0.382 e. The van der Waals surface area contributed by atoms with E-state index in [-0.39, 0.29) is 36.1 Å². The van der Waals surface area contributed by atoms with E-state index in [1.54, 1.807) is 36.4 Å². The van der Waals surface area contributed by atoms with Gasteiger partial charge in [0.05, 0.1) is 11.1 Å². The lowest BCUT2D eigenvalue weighted by Crippen LogP contribution is -2.21. The maximum atomic E-state index is 14.3. The van der Waals surface area contributed by atoms with Gasteiger partial charge in [0.25, 0.3) is 5.56 Å². The van der Waals surface area contributed by atoms with Crippen LogP contribution in [0.2, 0.25) is 0 Å². The smallest absolute Gasteiger partial charge is 0.263 e. The number of fused-ring (bicyclic) bond motifs is 1. The maximum absolute atomic E-state index is 14.3. The summed E-state index contributed by atoms with van der Waals surface area (Å²) in [5.41, 5.74) is 14.6. The Morgan fingerprint density at radius 2 is 1.58 bits per heavy atom. The zero-order chi connectivity index (χ0) is 26.8. The Morgan fingerprint density at radius 3 is 2.29 bits per heavy atom. The highest BCUT2D eigenvalue weighted by atomic mass is 19.1. The third-order valence-electron chi connectivity index (χ3n) is 6.13. The van der Waals surface area contributed by atoms with Crippen LogP contribution in [0, 0.1) is 23.0 Å². The van der Waals surface area contributed by atoms with Crippen molar-refractivity contribution in [3.8, 4) is 28.3 Å². The Bertz CT molecular complexity index is 1760. The van der Waals surface area contributed by atoms with Crippen LogP contribution in [-0.4, -0.2) is 20.9 Å². The number of nitrogens with zero attached hydrogens (tertiary/aromatic N) is 4. The van der Waals surface area contributed by atoms with Crippen molar-refractivity contribution in [2.45, 2.75) is 6.42 Å². The monoisotopic (exact) mass is 509 g/mol. The predicted molar refractivity (Wildman–Crippen MR) is 142 cm³/mol. The van der Waals surface area contributed by atoms with Crippen molar-refractivity contribution in [2.75, 3.05) is 23.3 Å². The summed E-state index contributed by atoms with van der Waals surface area (Å²) in [4.78, 5) is 21.7. The van der Waals surface area contributed by atoms with E-state index in [0.717, 1.165) is 6.20 Å². The number of aromatic nitrogens is 3. The number of hydrogen-bond donors (Lipinski definition) is 3. The molecule has 3 heterocycles. The summed E-state index contributed by atoms with van der Waals surface area (Å²) in [7, 11) is 0. The first-order chi connectivity index (χ1) is 18.4. The van der Waals surface area contributed by atoms with Crippen molar-refractivity contribution in [3.05, 3.63) is 106 Å². The first-order valence-corrected chi connectivity index (χ1v) is 11.6. The normalized spacial score (nSPS) is 10.9. The van der Waals surface area contributed by atoms with Crippen molar-refractivity contribution in [3.63, 3.8) is 0 Å². The molecule has 0 fully saturated rings. The van der Waals surface area contributed by atoms with Crippen molar-refractivity contribution >= 4 is 23.1 Å². The van der Waals surface area contributed by atoms with Crippen molar-refractivity contribution < 1.29 is 8.78 Å². The maximum Gasteiger partial charge on any atom is 0.263 e. The molecular weight excluding hydrogens is 488 g/mol. The molecule has 5 rings (SSSR count). The second-order valence-corrected chi connectivity index (χ2v) is 8.49. The molecule has 0 atom stereocenters. The van der Waals surface area contributed by atoms with Gasteiger partial charge in [0.1, 0.15) is 29.1 Å². The predicted octanol–water partition coefficient (Wildman–Crippen LogP) is 4.39. The highest BCUT2D eigenvalue weighted by molar-refractivity contribution is 5.88. The highest BCUT2D eigenvalue weighted by Gasteiger charge is 2.21. The largest absolute Gasteiger partial charge is 0.382 e. The zero-order valence-corrected chi connectivity index (χ0v) is 20.0. The third kappa shape index (κ3) is 4.49. The van der Waals surface area contributed by atoms with Gasteiger partial charge in [0.2, 0.25) is 5.95 Å². The second kappa shape index (κ2) is 9.99. The summed E-state index contributed by atoms with van der Waals surface area (Å²) in [5.74, 6) is -0.952. The van der Waals surface area contributed by atoms with E-state index >= 15 is 0 Å². The molecule has 10 heteroatoms. The SMILES string of the molecule is N#Cc1c(N)nc(N)nc1NCCc1c(-c2ccccc2)c(=O)n2cc(F)ccc2c1-c1ccc(F)cc1. The Balaban J connectivity index is 1.73. The molecule has 0 bridgehead atoms. The van der Waals surface area contributed by atoms with Crippen LogP contribution >= 0.6 is 0 Å². The van der Waals surface area contributed by atoms with Crippen LogP contribution in [0.4, 0.5) is 26.4 Å². The van der Waals surface area contributed by atoms with E-state index in [9.17, 15) is 18.8 Å². The fourth-order valence-electron chi connectivity index (χ4n) is 4.51. The van der Waals surface area contributed by atoms with E-state index in [0.29, 0.717) is 33.3 Å². The average Bonchev–Trinajstić information content (AvgIpc) is 2.90. The van der Waals surface area contributed by atoms with Gasteiger partial charge in [-0.15, -0.1) is 0 Å². The number of pyridine rings is 2. The molecule has 2 aromatic carbocycles. The molecule has 0 radical (unpaired) electrons. The van der Waals surface area contributed by atoms with Crippen LogP contribution in [0.25, 0.3) is 27.8 Å². The Morgan fingerprint density at radius 1 is 0.895 bits per heavy atom. The fourth-order valence-corrected chi connectivity index (χ4v) is 4.51. The Hall–Kier alpha value is -5.30. The lowest BCUT2D eigenvalue weighted by molar-refractivity contribution is 0.618. The molecule has 0 saturated heterocycles. The number of halogens is 2. The number of rotatable bonds is 6. The van der Waals surface area contributed by atoms with Crippen LogP contribution < -0.4 is 22.3 Å². The molecule has 0 aliphatic rings. The van der Waals surface area contributed by atoms with E-state index in [1.807, 2.05) is 12.1 Å². The van der Waals surface area contributed by atoms with Gasteiger partial charge < -0.3 is 16.8 Å². The molecule has 0 aliphatic heterocycles. The quantitative estimate of drug-likeness (QED) is 0.309. The summed E-state index contributed by atoms with van der Waals surface area (Å²) in [6.07, 6.45) is 1.43. The standard InChI is InChI=1S/C28H21F2N7O/c29-18-8-6-17(7-9-18)23-20(12-13-34-26-21(14-31)25(32)35-28(33)36-26)24(16-4-2-1-3-5-16)27(38)37-15-19(30)10-11-22(23)37/h1-11,15H,12-13H2,(H5,32,33,34,35,36). The number of anilines is 3. The van der Waals surface area contributed by atoms with Crippen molar-refractivity contribution in [1.82, 2.24) is 14.4 Å². The van der Waals surface area contributed by atoms with Gasteiger partial charge in [0.15, 0.2) is 5.82 Å². The van der Waals surface area contributed by atoms with Crippen molar-refractivity contribution in [2.24, 2.45) is 0 Å². The Kier molecular flexibility index (Phi) is 6.41. The van der Waals surface area contributed by atoms with Crippen molar-refractivity contribution in [1.29, 1.82) is 5.26 Å². The number of benzene rings is 2. The molecule has 8 nitrogen and oxygen atoms in total. The van der Waals surface area contributed by atoms with Gasteiger partial charge in [0, 0.05) is 18.3 Å². The molecule has 3 aromatic heterocycles. The van der Waals surface area contributed by atoms with Crippen LogP contribution in [0.3, 0.4) is 0 Å². The lowest BCUT2D eigenvalue weighted by Gasteiger charge is -2.19. The van der Waals surface area contributed by atoms with Gasteiger partial charge in [-0.2, -0.15) is 15.2 Å². The zero-order valence-electron chi connectivity index (χ0n) is 20.0. The minimum atomic E-state index is -0.568. The summed E-state index contributed by atoms with van der Waals surface area (Å²) < 4.78 is 29.4. The van der Waals surface area contributed by atoms with Gasteiger partial charge >= 0.3 is 0 Å². The molecule has 0 unspecified atom stereocenters.